The van der Waals surface area contributed by atoms with Crippen LogP contribution in [0.5, 0.6) is 0 Å². The molecule has 1 unspecified atom stereocenters. The Balaban J connectivity index is 2.45. The van der Waals surface area contributed by atoms with E-state index < -0.39 is 5.54 Å². The number of nitrogens with zero attached hydrogens (tertiary/aromatic N) is 6. The Bertz CT molecular complexity index is 695. The van der Waals surface area contributed by atoms with Crippen molar-refractivity contribution in [1.29, 1.82) is 0 Å². The van der Waals surface area contributed by atoms with Crippen LogP contribution in [0.3, 0.4) is 0 Å². The number of ketones is 1. The monoisotopic (exact) mass is 266 g/mol. The van der Waals surface area contributed by atoms with Crippen molar-refractivity contribution in [2.45, 2.75) is 12.0 Å². The van der Waals surface area contributed by atoms with Gasteiger partial charge in [0.15, 0.2) is 5.78 Å². The van der Waals surface area contributed by atoms with Crippen molar-refractivity contribution in [3.8, 4) is 0 Å². The first-order valence-electron chi connectivity index (χ1n) is 5.82. The molecule has 1 aliphatic carbocycles. The number of Topliss-reactive ketones (excluding diaryl/α,β-unsaturated/α-hetero) is 1. The van der Waals surface area contributed by atoms with Gasteiger partial charge < -0.3 is 0 Å². The quantitative estimate of drug-likeness (QED) is 0.342. The smallest absolute Gasteiger partial charge is 0.179 e. The second-order valence-electron chi connectivity index (χ2n) is 4.17. The van der Waals surface area contributed by atoms with Gasteiger partial charge in [-0.3, -0.25) is 4.79 Å². The minimum atomic E-state index is -1.25. The van der Waals surface area contributed by atoms with Crippen molar-refractivity contribution in [2.75, 3.05) is 0 Å². The van der Waals surface area contributed by atoms with Crippen LogP contribution in [-0.2, 0) is 0 Å². The Labute approximate surface area is 114 Å². The van der Waals surface area contributed by atoms with Gasteiger partial charge in [0.25, 0.3) is 0 Å². The third-order valence-corrected chi connectivity index (χ3v) is 2.93. The normalized spacial score (nSPS) is 19.8. The van der Waals surface area contributed by atoms with Crippen LogP contribution in [0.4, 0.5) is 5.69 Å². The number of benzene rings is 1. The molecule has 0 amide bonds. The Morgan fingerprint density at radius 3 is 2.75 bits per heavy atom. The molecule has 0 fully saturated rings. The Morgan fingerprint density at radius 2 is 2.10 bits per heavy atom. The first-order valence-corrected chi connectivity index (χ1v) is 5.82. The summed E-state index contributed by atoms with van der Waals surface area (Å²) in [6, 6.07) is 6.28. The van der Waals surface area contributed by atoms with Crippen LogP contribution < -0.4 is 0 Å². The third kappa shape index (κ3) is 2.54. The topological polar surface area (TPSA) is 115 Å². The maximum Gasteiger partial charge on any atom is 0.179 e. The highest BCUT2D eigenvalue weighted by molar-refractivity contribution is 6.05. The first kappa shape index (κ1) is 13.4. The van der Waals surface area contributed by atoms with Crippen molar-refractivity contribution in [3.63, 3.8) is 0 Å². The lowest BCUT2D eigenvalue weighted by atomic mass is 9.84. The van der Waals surface area contributed by atoms with E-state index in [2.05, 4.69) is 20.1 Å². The van der Waals surface area contributed by atoms with E-state index in [1.165, 1.54) is 6.07 Å². The maximum absolute atomic E-state index is 12.6. The van der Waals surface area contributed by atoms with Gasteiger partial charge in [-0.2, -0.15) is 0 Å². The van der Waals surface area contributed by atoms with Crippen LogP contribution in [0, 0.1) is 0 Å². The van der Waals surface area contributed by atoms with Gasteiger partial charge in [-0.25, -0.2) is 0 Å². The summed E-state index contributed by atoms with van der Waals surface area (Å²) in [5.41, 5.74) is 16.5. The summed E-state index contributed by atoms with van der Waals surface area (Å²) in [6.07, 6.45) is 7.11. The molecule has 7 heteroatoms. The average molecular weight is 266 g/mol. The summed E-state index contributed by atoms with van der Waals surface area (Å²) < 4.78 is 0. The van der Waals surface area contributed by atoms with Crippen molar-refractivity contribution in [3.05, 3.63) is 75.0 Å². The fourth-order valence-electron chi connectivity index (χ4n) is 1.99. The molecule has 0 aromatic heterocycles. The SMILES string of the molecule is [N-]=[N+]=Nc1cccc(C(=O)C2(N=[N+]=[N-])C=CC=CC2)c1. The second kappa shape index (κ2) is 5.75. The molecular formula is C13H10N6O. The van der Waals surface area contributed by atoms with Gasteiger partial charge in [0.05, 0.1) is 0 Å². The van der Waals surface area contributed by atoms with E-state index in [9.17, 15) is 4.79 Å². The third-order valence-electron chi connectivity index (χ3n) is 2.93. The molecular weight excluding hydrogens is 256 g/mol. The number of hydrogen-bond donors (Lipinski definition) is 0. The van der Waals surface area contributed by atoms with E-state index in [1.54, 1.807) is 42.5 Å². The van der Waals surface area contributed by atoms with Gasteiger partial charge in [0.2, 0.25) is 0 Å². The molecule has 2 rings (SSSR count). The highest BCUT2D eigenvalue weighted by Crippen LogP contribution is 2.29. The molecule has 20 heavy (non-hydrogen) atoms. The molecule has 1 aliphatic rings. The van der Waals surface area contributed by atoms with Crippen LogP contribution in [0.1, 0.15) is 16.8 Å². The molecule has 0 saturated carbocycles. The van der Waals surface area contributed by atoms with Gasteiger partial charge in [-0.15, -0.1) is 0 Å². The number of hydrogen-bond acceptors (Lipinski definition) is 3. The maximum atomic E-state index is 12.6. The van der Waals surface area contributed by atoms with Crippen molar-refractivity contribution >= 4 is 11.5 Å². The predicted molar refractivity (Wildman–Crippen MR) is 74.4 cm³/mol. The molecule has 1 atom stereocenters. The molecule has 0 heterocycles. The van der Waals surface area contributed by atoms with E-state index in [4.69, 9.17) is 11.1 Å². The van der Waals surface area contributed by atoms with Crippen LogP contribution in [-0.4, -0.2) is 11.3 Å². The highest BCUT2D eigenvalue weighted by Gasteiger charge is 2.35. The fourth-order valence-corrected chi connectivity index (χ4v) is 1.99. The minimum Gasteiger partial charge on any atom is -0.293 e. The zero-order valence-electron chi connectivity index (χ0n) is 10.4. The van der Waals surface area contributed by atoms with E-state index in [-0.39, 0.29) is 5.78 Å². The van der Waals surface area contributed by atoms with E-state index in [1.807, 2.05) is 0 Å². The number of carbonyl (C=O) groups excluding carboxylic acids is 1. The number of allylic oxidation sites excluding steroid dienone is 2. The van der Waals surface area contributed by atoms with Gasteiger partial charge in [0, 0.05) is 21.1 Å². The molecule has 0 spiro atoms. The van der Waals surface area contributed by atoms with Crippen molar-refractivity contribution in [1.82, 2.24) is 0 Å². The zero-order valence-corrected chi connectivity index (χ0v) is 10.4. The summed E-state index contributed by atoms with van der Waals surface area (Å²) in [5.74, 6) is -0.328. The molecule has 0 N–H and O–H groups in total. The molecule has 98 valence electrons. The number of rotatable bonds is 4. The van der Waals surface area contributed by atoms with Gasteiger partial charge in [0.1, 0.15) is 5.54 Å². The van der Waals surface area contributed by atoms with Gasteiger partial charge in [-0.05, 0) is 23.5 Å². The standard InChI is InChI=1S/C13H10N6O/c14-18-16-11-6-4-5-10(9-11)12(20)13(17-19-15)7-2-1-3-8-13/h1-7,9H,8H2. The summed E-state index contributed by atoms with van der Waals surface area (Å²) in [5, 5.41) is 7.11. The van der Waals surface area contributed by atoms with Crippen LogP contribution in [0.2, 0.25) is 0 Å². The van der Waals surface area contributed by atoms with Gasteiger partial charge in [-0.1, -0.05) is 52.7 Å². The summed E-state index contributed by atoms with van der Waals surface area (Å²) in [4.78, 5) is 18.0. The Kier molecular flexibility index (Phi) is 3.86. The largest absolute Gasteiger partial charge is 0.293 e. The Hall–Kier alpha value is -3.01. The molecule has 0 radical (unpaired) electrons. The van der Waals surface area contributed by atoms with Crippen molar-refractivity contribution in [2.24, 2.45) is 10.2 Å². The lowest BCUT2D eigenvalue weighted by Crippen LogP contribution is -2.34. The van der Waals surface area contributed by atoms with E-state index in [0.717, 1.165) is 0 Å². The minimum absolute atomic E-state index is 0.304. The fraction of sp³-hybridized carbons (Fsp3) is 0.154. The molecule has 7 nitrogen and oxygen atoms in total. The summed E-state index contributed by atoms with van der Waals surface area (Å²) in [7, 11) is 0. The zero-order chi connectivity index (χ0) is 14.4. The predicted octanol–water partition coefficient (Wildman–Crippen LogP) is 4.38. The lowest BCUT2D eigenvalue weighted by molar-refractivity contribution is 0.0922. The molecule has 0 bridgehead atoms. The van der Waals surface area contributed by atoms with Crippen molar-refractivity contribution < 1.29 is 4.79 Å². The van der Waals surface area contributed by atoms with Gasteiger partial charge >= 0.3 is 0 Å². The lowest BCUT2D eigenvalue weighted by Gasteiger charge is -2.24. The molecule has 0 aliphatic heterocycles. The molecule has 1 aromatic carbocycles. The highest BCUT2D eigenvalue weighted by atomic mass is 16.1. The average Bonchev–Trinajstić information content (AvgIpc) is 2.48. The van der Waals surface area contributed by atoms with Crippen LogP contribution in [0.25, 0.3) is 20.9 Å². The summed E-state index contributed by atoms with van der Waals surface area (Å²) in [6.45, 7) is 0. The molecule has 1 aromatic rings. The second-order valence-corrected chi connectivity index (χ2v) is 4.17. The van der Waals surface area contributed by atoms with E-state index in [0.29, 0.717) is 17.7 Å². The number of carbonyl (C=O) groups is 1. The summed E-state index contributed by atoms with van der Waals surface area (Å²) >= 11 is 0. The van der Waals surface area contributed by atoms with E-state index >= 15 is 0 Å². The molecule has 0 saturated heterocycles. The first-order chi connectivity index (χ1) is 9.72. The van der Waals surface area contributed by atoms with Crippen LogP contribution in [0.15, 0.2) is 58.8 Å². The Morgan fingerprint density at radius 1 is 1.25 bits per heavy atom. The number of azide groups is 2. The van der Waals surface area contributed by atoms with Crippen LogP contribution >= 0.6 is 0 Å².